The molecule has 0 radical (unpaired) electrons. The van der Waals surface area contributed by atoms with Crippen LogP contribution in [0.15, 0.2) is 23.0 Å². The summed E-state index contributed by atoms with van der Waals surface area (Å²) in [5.74, 6) is -0.623. The number of benzene rings is 1. The average molecular weight is 386 g/mol. The maximum absolute atomic E-state index is 12.9. The second-order valence-electron chi connectivity index (χ2n) is 7.55. The number of nitrogens with zero attached hydrogens (tertiary/aromatic N) is 3. The van der Waals surface area contributed by atoms with Crippen LogP contribution in [0.5, 0.6) is 0 Å². The molecule has 1 aromatic heterocycles. The number of para-hydroxylation sites is 1. The number of aromatic nitrogens is 2. The van der Waals surface area contributed by atoms with Crippen molar-refractivity contribution in [1.82, 2.24) is 9.24 Å². The highest BCUT2D eigenvalue weighted by Gasteiger charge is 2.31. The first kappa shape index (κ1) is 20.3. The molecule has 0 aliphatic carbocycles. The summed E-state index contributed by atoms with van der Waals surface area (Å²) in [5, 5.41) is 1.04. The monoisotopic (exact) mass is 386 g/mol. The molecule has 0 unspecified atom stereocenters. The van der Waals surface area contributed by atoms with E-state index >= 15 is 0 Å². The molecule has 2 amide bonds. The SMILES string of the molecule is Cn1c(=O)n(N2C(=O)CCCC2=O)c2cccc(CCCCCCCCN)c21. The number of piperidine rings is 1. The Kier molecular flexibility index (Phi) is 6.67. The lowest BCUT2D eigenvalue weighted by molar-refractivity contribution is -0.131. The van der Waals surface area contributed by atoms with E-state index < -0.39 is 0 Å². The Morgan fingerprint density at radius 3 is 2.25 bits per heavy atom. The molecule has 0 bridgehead atoms. The highest BCUT2D eigenvalue weighted by molar-refractivity contribution is 6.11. The van der Waals surface area contributed by atoms with E-state index in [-0.39, 0.29) is 17.5 Å². The number of fused-ring (bicyclic) bond motifs is 1. The highest BCUT2D eigenvalue weighted by atomic mass is 16.2. The van der Waals surface area contributed by atoms with Gasteiger partial charge in [-0.05, 0) is 43.9 Å². The molecule has 3 rings (SSSR count). The molecule has 1 aromatic carbocycles. The summed E-state index contributed by atoms with van der Waals surface area (Å²) in [6.07, 6.45) is 8.84. The van der Waals surface area contributed by atoms with Crippen molar-refractivity contribution in [3.05, 3.63) is 34.2 Å². The van der Waals surface area contributed by atoms with Crippen molar-refractivity contribution in [3.63, 3.8) is 0 Å². The number of imide groups is 1. The molecule has 1 fully saturated rings. The van der Waals surface area contributed by atoms with Crippen molar-refractivity contribution in [2.75, 3.05) is 11.6 Å². The molecule has 2 aromatic rings. The standard InChI is InChI=1S/C21H30N4O3/c1-23-20-16(10-6-4-2-3-5-7-15-22)11-8-12-17(20)24(21(23)28)25-18(26)13-9-14-19(25)27/h8,11-12H,2-7,9-10,13-15,22H2,1H3. The van der Waals surface area contributed by atoms with Gasteiger partial charge in [0.15, 0.2) is 0 Å². The van der Waals surface area contributed by atoms with Gasteiger partial charge in [0, 0.05) is 19.9 Å². The number of nitrogens with two attached hydrogens (primary N) is 1. The first-order valence-electron chi connectivity index (χ1n) is 10.3. The molecule has 0 atom stereocenters. The Morgan fingerprint density at radius 2 is 1.57 bits per heavy atom. The zero-order valence-electron chi connectivity index (χ0n) is 16.7. The third-order valence-corrected chi connectivity index (χ3v) is 5.48. The van der Waals surface area contributed by atoms with Crippen LogP contribution in [0.3, 0.4) is 0 Å². The summed E-state index contributed by atoms with van der Waals surface area (Å²) >= 11 is 0. The van der Waals surface area contributed by atoms with Crippen LogP contribution >= 0.6 is 0 Å². The number of aryl methyl sites for hydroxylation is 2. The first-order valence-corrected chi connectivity index (χ1v) is 10.3. The zero-order valence-corrected chi connectivity index (χ0v) is 16.7. The highest BCUT2D eigenvalue weighted by Crippen LogP contribution is 2.22. The number of amides is 2. The topological polar surface area (TPSA) is 90.3 Å². The number of imidazole rings is 1. The van der Waals surface area contributed by atoms with Gasteiger partial charge in [-0.3, -0.25) is 14.2 Å². The van der Waals surface area contributed by atoms with E-state index in [0.717, 1.165) is 48.3 Å². The lowest BCUT2D eigenvalue weighted by Gasteiger charge is -2.25. The molecule has 2 heterocycles. The van der Waals surface area contributed by atoms with Crippen LogP contribution in [0.2, 0.25) is 0 Å². The molecule has 1 aliphatic heterocycles. The van der Waals surface area contributed by atoms with Gasteiger partial charge in [0.05, 0.1) is 11.0 Å². The Hall–Kier alpha value is -2.41. The van der Waals surface area contributed by atoms with Gasteiger partial charge < -0.3 is 5.73 Å². The van der Waals surface area contributed by atoms with Crippen LogP contribution in [0.1, 0.15) is 63.4 Å². The maximum Gasteiger partial charge on any atom is 0.348 e. The number of rotatable bonds is 9. The molecule has 1 saturated heterocycles. The zero-order chi connectivity index (χ0) is 20.1. The second kappa shape index (κ2) is 9.19. The van der Waals surface area contributed by atoms with E-state index in [9.17, 15) is 14.4 Å². The Labute approximate surface area is 165 Å². The Bertz CT molecular complexity index is 896. The van der Waals surface area contributed by atoms with E-state index in [1.54, 1.807) is 11.6 Å². The fourth-order valence-corrected chi connectivity index (χ4v) is 4.00. The Balaban J connectivity index is 1.82. The molecule has 0 spiro atoms. The molecular formula is C21H30N4O3. The molecule has 0 saturated carbocycles. The molecule has 7 heteroatoms. The summed E-state index contributed by atoms with van der Waals surface area (Å²) < 4.78 is 2.82. The van der Waals surface area contributed by atoms with Gasteiger partial charge in [-0.1, -0.05) is 37.8 Å². The minimum atomic E-state index is -0.354. The third kappa shape index (κ3) is 4.04. The van der Waals surface area contributed by atoms with Crippen molar-refractivity contribution in [3.8, 4) is 0 Å². The predicted molar refractivity (Wildman–Crippen MR) is 110 cm³/mol. The van der Waals surface area contributed by atoms with Gasteiger partial charge >= 0.3 is 5.69 Å². The quantitative estimate of drug-likeness (QED) is 0.529. The van der Waals surface area contributed by atoms with Crippen LogP contribution in [-0.2, 0) is 23.1 Å². The number of hydrogen-bond donors (Lipinski definition) is 1. The van der Waals surface area contributed by atoms with Crippen molar-refractivity contribution < 1.29 is 9.59 Å². The van der Waals surface area contributed by atoms with E-state index in [4.69, 9.17) is 5.73 Å². The molecule has 7 nitrogen and oxygen atoms in total. The predicted octanol–water partition coefficient (Wildman–Crippen LogP) is 2.36. The summed E-state index contributed by atoms with van der Waals surface area (Å²) in [6, 6.07) is 5.73. The van der Waals surface area contributed by atoms with E-state index in [2.05, 4.69) is 0 Å². The molecule has 1 aliphatic rings. The van der Waals surface area contributed by atoms with Crippen molar-refractivity contribution in [2.45, 2.75) is 64.2 Å². The van der Waals surface area contributed by atoms with Gasteiger partial charge in [-0.25, -0.2) is 4.79 Å². The van der Waals surface area contributed by atoms with Gasteiger partial charge in [0.2, 0.25) is 11.8 Å². The normalized spacial score (nSPS) is 15.0. The summed E-state index contributed by atoms with van der Waals surface area (Å²) in [4.78, 5) is 37.6. The Morgan fingerprint density at radius 1 is 0.929 bits per heavy atom. The van der Waals surface area contributed by atoms with Crippen LogP contribution in [0.4, 0.5) is 0 Å². The van der Waals surface area contributed by atoms with Crippen molar-refractivity contribution >= 4 is 22.8 Å². The van der Waals surface area contributed by atoms with Crippen LogP contribution in [-0.4, -0.2) is 27.6 Å². The molecule has 152 valence electrons. The molecule has 28 heavy (non-hydrogen) atoms. The largest absolute Gasteiger partial charge is 0.348 e. The van der Waals surface area contributed by atoms with Crippen LogP contribution in [0, 0.1) is 0 Å². The van der Waals surface area contributed by atoms with Crippen LogP contribution in [0.25, 0.3) is 11.0 Å². The van der Waals surface area contributed by atoms with Crippen LogP contribution < -0.4 is 16.4 Å². The van der Waals surface area contributed by atoms with E-state index in [0.29, 0.717) is 24.8 Å². The minimum Gasteiger partial charge on any atom is -0.330 e. The lowest BCUT2D eigenvalue weighted by atomic mass is 10.0. The van der Waals surface area contributed by atoms with Crippen molar-refractivity contribution in [1.29, 1.82) is 0 Å². The maximum atomic E-state index is 12.9. The number of unbranched alkanes of at least 4 members (excludes halogenated alkanes) is 5. The van der Waals surface area contributed by atoms with Gasteiger partial charge in [-0.2, -0.15) is 9.69 Å². The smallest absolute Gasteiger partial charge is 0.330 e. The lowest BCUT2D eigenvalue weighted by Crippen LogP contribution is -2.52. The summed E-state index contributed by atoms with van der Waals surface area (Å²) in [7, 11) is 1.70. The number of carbonyl (C=O) groups is 2. The van der Waals surface area contributed by atoms with Gasteiger partial charge in [0.1, 0.15) is 0 Å². The number of carbonyl (C=O) groups excluding carboxylic acids is 2. The van der Waals surface area contributed by atoms with Gasteiger partial charge in [-0.15, -0.1) is 0 Å². The van der Waals surface area contributed by atoms with Gasteiger partial charge in [0.25, 0.3) is 0 Å². The second-order valence-corrected chi connectivity index (χ2v) is 7.55. The van der Waals surface area contributed by atoms with Crippen molar-refractivity contribution in [2.24, 2.45) is 12.8 Å². The number of hydrogen-bond acceptors (Lipinski definition) is 4. The fourth-order valence-electron chi connectivity index (χ4n) is 4.00. The molecular weight excluding hydrogens is 356 g/mol. The fraction of sp³-hybridized carbons (Fsp3) is 0.571. The summed E-state index contributed by atoms with van der Waals surface area (Å²) in [5.41, 5.74) is 7.68. The third-order valence-electron chi connectivity index (χ3n) is 5.48. The molecule has 2 N–H and O–H groups in total. The first-order chi connectivity index (χ1) is 13.6. The summed E-state index contributed by atoms with van der Waals surface area (Å²) in [6.45, 7) is 0.759. The average Bonchev–Trinajstić information content (AvgIpc) is 2.93. The minimum absolute atomic E-state index is 0.290. The van der Waals surface area contributed by atoms with E-state index in [1.165, 1.54) is 23.9 Å². The van der Waals surface area contributed by atoms with E-state index in [1.807, 2.05) is 18.2 Å².